The summed E-state index contributed by atoms with van der Waals surface area (Å²) in [7, 11) is -2.03. The van der Waals surface area contributed by atoms with Gasteiger partial charge in [0.25, 0.3) is 0 Å². The smallest absolute Gasteiger partial charge is 1.00 e. The molecule has 0 bridgehead atoms. The first-order valence-corrected chi connectivity index (χ1v) is 12.3. The topological polar surface area (TPSA) is 0 Å². The molecule has 1 aliphatic carbocycles. The van der Waals surface area contributed by atoms with Gasteiger partial charge in [-0.05, 0) is 27.7 Å². The molecule has 0 spiro atoms. The van der Waals surface area contributed by atoms with Crippen LogP contribution in [0.1, 0.15) is 48.4 Å². The van der Waals surface area contributed by atoms with E-state index < -0.39 is 8.07 Å². The Labute approximate surface area is 218 Å². The van der Waals surface area contributed by atoms with Crippen molar-refractivity contribution >= 4 is 18.4 Å². The fourth-order valence-electron chi connectivity index (χ4n) is 4.48. The molecule has 0 atom stereocenters. The van der Waals surface area contributed by atoms with Gasteiger partial charge in [-0.1, -0.05) is 95.3 Å². The van der Waals surface area contributed by atoms with E-state index in [1.807, 2.05) is 0 Å². The van der Waals surface area contributed by atoms with E-state index in [4.69, 9.17) is 0 Å². The summed E-state index contributed by atoms with van der Waals surface area (Å²) in [5.74, 6) is 0. The van der Waals surface area contributed by atoms with E-state index in [0.29, 0.717) is 0 Å². The van der Waals surface area contributed by atoms with Crippen molar-refractivity contribution in [3.63, 3.8) is 0 Å². The predicted octanol–water partition coefficient (Wildman–Crippen LogP) is -3.48. The molecular formula is C25H31Cl3SiTi. The second-order valence-corrected chi connectivity index (χ2v) is 12.0. The van der Waals surface area contributed by atoms with Crippen molar-refractivity contribution in [2.75, 3.05) is 0 Å². The van der Waals surface area contributed by atoms with E-state index in [1.54, 1.807) is 5.20 Å². The first-order chi connectivity index (χ1) is 12.3. The third-order valence-corrected chi connectivity index (χ3v) is 10.1. The summed E-state index contributed by atoms with van der Waals surface area (Å²) in [6.07, 6.45) is 9.44. The van der Waals surface area contributed by atoms with Crippen LogP contribution in [0.3, 0.4) is 0 Å². The van der Waals surface area contributed by atoms with Crippen LogP contribution in [-0.2, 0) is 21.7 Å². The molecular weight excluding hydrogens is 483 g/mol. The quantitative estimate of drug-likeness (QED) is 0.288. The summed E-state index contributed by atoms with van der Waals surface area (Å²) < 4.78 is 0. The van der Waals surface area contributed by atoms with Gasteiger partial charge in [0.05, 0.1) is 8.07 Å². The predicted molar refractivity (Wildman–Crippen MR) is 117 cm³/mol. The molecule has 0 amide bonds. The number of benzene rings is 2. The summed E-state index contributed by atoms with van der Waals surface area (Å²) >= 11 is 0. The number of hydrogen-bond donors (Lipinski definition) is 0. The van der Waals surface area contributed by atoms with Gasteiger partial charge in [-0.25, -0.2) is 5.57 Å². The molecule has 2 aromatic carbocycles. The van der Waals surface area contributed by atoms with Crippen LogP contribution >= 0.6 is 0 Å². The van der Waals surface area contributed by atoms with E-state index in [1.165, 1.54) is 44.6 Å². The Balaban J connectivity index is 0. The maximum atomic E-state index is 3.67. The van der Waals surface area contributed by atoms with Crippen molar-refractivity contribution < 1.29 is 58.9 Å². The fourth-order valence-corrected chi connectivity index (χ4v) is 8.83. The Morgan fingerprint density at radius 1 is 0.767 bits per heavy atom. The second kappa shape index (κ2) is 13.3. The molecule has 0 saturated carbocycles. The molecule has 0 nitrogen and oxygen atoms in total. The largest absolute Gasteiger partial charge is 4.00 e. The van der Waals surface area contributed by atoms with Crippen LogP contribution in [-0.4, -0.2) is 8.07 Å². The minimum atomic E-state index is -2.03. The molecule has 0 saturated heterocycles. The van der Waals surface area contributed by atoms with Gasteiger partial charge in [0.15, 0.2) is 0 Å². The monoisotopic (exact) mass is 512 g/mol. The molecule has 1 aliphatic rings. The summed E-state index contributed by atoms with van der Waals surface area (Å²) in [6, 6.07) is 14.3. The Morgan fingerprint density at radius 3 is 1.53 bits per heavy atom. The molecule has 160 valence electrons. The van der Waals surface area contributed by atoms with E-state index in [9.17, 15) is 0 Å². The average molecular weight is 514 g/mol. The van der Waals surface area contributed by atoms with Crippen molar-refractivity contribution in [1.29, 1.82) is 0 Å². The SMILES string of the molecule is CCCC1=[C-]CC=C1[Si](C)(c1cc(C)cc(C)c1)c1cc(C)cc(C)c1.[Cl-].[Cl-].[Cl-].[Ti+4]. The van der Waals surface area contributed by atoms with Crippen molar-refractivity contribution in [3.8, 4) is 0 Å². The second-order valence-electron chi connectivity index (χ2n) is 8.11. The Bertz CT molecular complexity index is 811. The zero-order valence-electron chi connectivity index (χ0n) is 18.8. The minimum Gasteiger partial charge on any atom is -1.00 e. The van der Waals surface area contributed by atoms with Gasteiger partial charge in [-0.15, -0.1) is 6.42 Å². The Kier molecular flexibility index (Phi) is 14.2. The number of halogens is 3. The van der Waals surface area contributed by atoms with Crippen molar-refractivity contribution in [3.05, 3.63) is 81.6 Å². The molecule has 0 fully saturated rings. The zero-order chi connectivity index (χ0) is 18.9. The fraction of sp³-hybridized carbons (Fsp3) is 0.360. The molecule has 0 heterocycles. The van der Waals surface area contributed by atoms with Gasteiger partial charge < -0.3 is 37.2 Å². The van der Waals surface area contributed by atoms with E-state index in [0.717, 1.165) is 12.8 Å². The Hall–Kier alpha value is -0.279. The first kappa shape index (κ1) is 31.9. The molecule has 0 aliphatic heterocycles. The van der Waals surface area contributed by atoms with Crippen LogP contribution in [0, 0.1) is 33.8 Å². The number of aryl methyl sites for hydroxylation is 4. The van der Waals surface area contributed by atoms with E-state index >= 15 is 0 Å². The molecule has 0 aromatic heterocycles. The summed E-state index contributed by atoms with van der Waals surface area (Å²) in [5, 5.41) is 4.65. The summed E-state index contributed by atoms with van der Waals surface area (Å²) in [5.41, 5.74) is 6.94. The zero-order valence-corrected chi connectivity index (χ0v) is 23.6. The van der Waals surface area contributed by atoms with Crippen molar-refractivity contribution in [1.82, 2.24) is 0 Å². The van der Waals surface area contributed by atoms with Gasteiger partial charge in [-0.2, -0.15) is 11.3 Å². The van der Waals surface area contributed by atoms with Crippen LogP contribution in [0.4, 0.5) is 0 Å². The van der Waals surface area contributed by atoms with Gasteiger partial charge in [0.1, 0.15) is 0 Å². The van der Waals surface area contributed by atoms with E-state index in [-0.39, 0.29) is 58.9 Å². The van der Waals surface area contributed by atoms with Crippen LogP contribution in [0.2, 0.25) is 6.55 Å². The maximum absolute atomic E-state index is 3.67. The first-order valence-electron chi connectivity index (χ1n) is 9.83. The maximum Gasteiger partial charge on any atom is 4.00 e. The third-order valence-electron chi connectivity index (χ3n) is 5.58. The van der Waals surface area contributed by atoms with Gasteiger partial charge in [-0.3, -0.25) is 6.08 Å². The normalized spacial score (nSPS) is 12.5. The third kappa shape index (κ3) is 6.61. The van der Waals surface area contributed by atoms with Gasteiger partial charge >= 0.3 is 21.7 Å². The standard InChI is InChI=1S/C25H31Si.3ClH.Ti/c1-7-9-22-10-8-11-25(22)26(6,23-14-18(2)12-19(3)15-23)24-16-20(4)13-21(5)17-24;;;;/h11-17H,7-9H2,1-6H3;3*1H;/q-1;;;;+4/p-3. The number of rotatable bonds is 5. The molecule has 0 N–H and O–H groups in total. The van der Waals surface area contributed by atoms with Gasteiger partial charge in [0, 0.05) is 0 Å². The van der Waals surface area contributed by atoms with Crippen LogP contribution < -0.4 is 47.6 Å². The average Bonchev–Trinajstić information content (AvgIpc) is 3.01. The molecule has 2 aromatic rings. The van der Waals surface area contributed by atoms with Crippen LogP contribution in [0.25, 0.3) is 0 Å². The van der Waals surface area contributed by atoms with E-state index in [2.05, 4.69) is 89.7 Å². The number of allylic oxidation sites excluding steroid dienone is 4. The molecule has 0 unspecified atom stereocenters. The van der Waals surface area contributed by atoms with Crippen molar-refractivity contribution in [2.45, 2.75) is 60.4 Å². The molecule has 5 heteroatoms. The van der Waals surface area contributed by atoms with Crippen molar-refractivity contribution in [2.24, 2.45) is 0 Å². The molecule has 0 radical (unpaired) electrons. The van der Waals surface area contributed by atoms with Gasteiger partial charge in [0.2, 0.25) is 0 Å². The summed E-state index contributed by atoms with van der Waals surface area (Å²) in [4.78, 5) is 0. The van der Waals surface area contributed by atoms with Crippen LogP contribution in [0.15, 0.2) is 53.2 Å². The Morgan fingerprint density at radius 2 is 1.17 bits per heavy atom. The molecule has 30 heavy (non-hydrogen) atoms. The van der Waals surface area contributed by atoms with Crippen LogP contribution in [0.5, 0.6) is 0 Å². The molecule has 3 rings (SSSR count). The minimum absolute atomic E-state index is 0. The number of hydrogen-bond acceptors (Lipinski definition) is 0. The summed E-state index contributed by atoms with van der Waals surface area (Å²) in [6.45, 7) is 13.7.